The van der Waals surface area contributed by atoms with Gasteiger partial charge in [0.1, 0.15) is 5.75 Å². The number of hydrogen-bond acceptors (Lipinski definition) is 3. The van der Waals surface area contributed by atoms with Crippen molar-refractivity contribution in [3.8, 4) is 5.75 Å². The Labute approximate surface area is 118 Å². The van der Waals surface area contributed by atoms with Crippen molar-refractivity contribution in [2.75, 3.05) is 45.8 Å². The summed E-state index contributed by atoms with van der Waals surface area (Å²) < 4.78 is 10.6. The van der Waals surface area contributed by atoms with E-state index in [-0.39, 0.29) is 0 Å². The molecule has 1 rings (SSSR count). The van der Waals surface area contributed by atoms with Crippen LogP contribution in [0.25, 0.3) is 0 Å². The van der Waals surface area contributed by atoms with Crippen LogP contribution in [-0.4, -0.2) is 50.7 Å². The first-order valence-corrected chi connectivity index (χ1v) is 7.33. The van der Waals surface area contributed by atoms with Gasteiger partial charge in [-0.15, -0.1) is 0 Å². The zero-order valence-electron chi connectivity index (χ0n) is 11.2. The number of benzene rings is 1. The minimum Gasteiger partial charge on any atom is -0.497 e. The van der Waals surface area contributed by atoms with Crippen LogP contribution in [0.1, 0.15) is 5.56 Å². The number of likely N-dealkylation sites (N-methyl/N-ethyl adjacent to an activating group) is 1. The minimum absolute atomic E-state index is 0.784. The summed E-state index contributed by atoms with van der Waals surface area (Å²) in [6, 6.07) is 8.25. The third-order valence-corrected chi connectivity index (χ3v) is 3.10. The second-order valence-electron chi connectivity index (χ2n) is 4.20. The molecule has 0 atom stereocenters. The van der Waals surface area contributed by atoms with Crippen LogP contribution in [0.4, 0.5) is 0 Å². The highest BCUT2D eigenvalue weighted by atomic mass is 79.9. The lowest BCUT2D eigenvalue weighted by atomic mass is 10.1. The lowest BCUT2D eigenvalue weighted by Gasteiger charge is -2.16. The quantitative estimate of drug-likeness (QED) is 0.516. The Morgan fingerprint density at radius 3 is 2.44 bits per heavy atom. The Bertz CT molecular complexity index is 316. The van der Waals surface area contributed by atoms with Crippen LogP contribution in [0.2, 0.25) is 0 Å². The Morgan fingerprint density at radius 1 is 1.11 bits per heavy atom. The highest BCUT2D eigenvalue weighted by molar-refractivity contribution is 9.09. The van der Waals surface area contributed by atoms with Gasteiger partial charge in [-0.05, 0) is 31.2 Å². The summed E-state index contributed by atoms with van der Waals surface area (Å²) in [5, 5.41) is 0.905. The second kappa shape index (κ2) is 9.36. The summed E-state index contributed by atoms with van der Waals surface area (Å²) in [5.41, 5.74) is 1.34. The number of rotatable bonds is 9. The van der Waals surface area contributed by atoms with E-state index in [0.29, 0.717) is 0 Å². The van der Waals surface area contributed by atoms with Crippen LogP contribution in [0.15, 0.2) is 24.3 Å². The fourth-order valence-electron chi connectivity index (χ4n) is 1.60. The standard InChI is InChI=1S/C14H22BrNO2/c1-16(10-12-18-11-8-15)9-7-13-3-5-14(17-2)6-4-13/h3-6H,7-12H2,1-2H3. The van der Waals surface area contributed by atoms with E-state index in [4.69, 9.17) is 9.47 Å². The molecular formula is C14H22BrNO2. The Hall–Kier alpha value is -0.580. The van der Waals surface area contributed by atoms with E-state index in [0.717, 1.165) is 43.8 Å². The molecule has 4 heteroatoms. The number of alkyl halides is 1. The summed E-state index contributed by atoms with van der Waals surface area (Å²) in [6.07, 6.45) is 1.05. The van der Waals surface area contributed by atoms with Gasteiger partial charge in [-0.2, -0.15) is 0 Å². The van der Waals surface area contributed by atoms with E-state index in [1.54, 1.807) is 7.11 Å². The highest BCUT2D eigenvalue weighted by Crippen LogP contribution is 2.11. The van der Waals surface area contributed by atoms with E-state index in [1.807, 2.05) is 12.1 Å². The van der Waals surface area contributed by atoms with Gasteiger partial charge in [0.15, 0.2) is 0 Å². The third kappa shape index (κ3) is 6.38. The first kappa shape index (κ1) is 15.5. The maximum atomic E-state index is 5.43. The van der Waals surface area contributed by atoms with E-state index in [2.05, 4.69) is 40.0 Å². The maximum Gasteiger partial charge on any atom is 0.118 e. The molecule has 18 heavy (non-hydrogen) atoms. The van der Waals surface area contributed by atoms with Crippen molar-refractivity contribution in [1.82, 2.24) is 4.90 Å². The molecule has 1 aromatic carbocycles. The molecule has 0 heterocycles. The minimum atomic E-state index is 0.784. The van der Waals surface area contributed by atoms with Gasteiger partial charge in [0, 0.05) is 18.4 Å². The van der Waals surface area contributed by atoms with E-state index >= 15 is 0 Å². The smallest absolute Gasteiger partial charge is 0.118 e. The molecule has 0 spiro atoms. The van der Waals surface area contributed by atoms with Gasteiger partial charge >= 0.3 is 0 Å². The van der Waals surface area contributed by atoms with E-state index < -0.39 is 0 Å². The van der Waals surface area contributed by atoms with Gasteiger partial charge in [0.2, 0.25) is 0 Å². The van der Waals surface area contributed by atoms with Crippen molar-refractivity contribution in [2.24, 2.45) is 0 Å². The van der Waals surface area contributed by atoms with Crippen molar-refractivity contribution in [3.63, 3.8) is 0 Å². The van der Waals surface area contributed by atoms with Crippen molar-refractivity contribution >= 4 is 15.9 Å². The molecule has 0 unspecified atom stereocenters. The van der Waals surface area contributed by atoms with Crippen molar-refractivity contribution in [1.29, 1.82) is 0 Å². The molecule has 0 saturated heterocycles. The van der Waals surface area contributed by atoms with Crippen LogP contribution in [0.3, 0.4) is 0 Å². The van der Waals surface area contributed by atoms with Gasteiger partial charge in [-0.1, -0.05) is 28.1 Å². The lowest BCUT2D eigenvalue weighted by molar-refractivity contribution is 0.125. The van der Waals surface area contributed by atoms with Gasteiger partial charge in [0.05, 0.1) is 20.3 Å². The molecule has 0 fully saturated rings. The summed E-state index contributed by atoms with van der Waals surface area (Å²) in [6.45, 7) is 3.60. The maximum absolute atomic E-state index is 5.43. The lowest BCUT2D eigenvalue weighted by Crippen LogP contribution is -2.25. The SMILES string of the molecule is COc1ccc(CCN(C)CCOCCBr)cc1. The van der Waals surface area contributed by atoms with Gasteiger partial charge < -0.3 is 14.4 Å². The highest BCUT2D eigenvalue weighted by Gasteiger charge is 2.00. The predicted molar refractivity (Wildman–Crippen MR) is 78.8 cm³/mol. The number of ether oxygens (including phenoxy) is 2. The molecule has 102 valence electrons. The van der Waals surface area contributed by atoms with Crippen LogP contribution in [0, 0.1) is 0 Å². The number of nitrogens with zero attached hydrogens (tertiary/aromatic N) is 1. The average molecular weight is 316 g/mol. The van der Waals surface area contributed by atoms with Crippen LogP contribution in [0.5, 0.6) is 5.75 Å². The van der Waals surface area contributed by atoms with Crippen LogP contribution in [-0.2, 0) is 11.2 Å². The van der Waals surface area contributed by atoms with Crippen LogP contribution < -0.4 is 4.74 Å². The zero-order valence-corrected chi connectivity index (χ0v) is 12.8. The van der Waals surface area contributed by atoms with Gasteiger partial charge in [-0.25, -0.2) is 0 Å². The molecular weight excluding hydrogens is 294 g/mol. The molecule has 0 aliphatic carbocycles. The number of methoxy groups -OCH3 is 1. The summed E-state index contributed by atoms with van der Waals surface area (Å²) in [7, 11) is 3.82. The van der Waals surface area contributed by atoms with Gasteiger partial charge in [-0.3, -0.25) is 0 Å². The molecule has 0 aromatic heterocycles. The summed E-state index contributed by atoms with van der Waals surface area (Å²) in [4.78, 5) is 2.29. The fraction of sp³-hybridized carbons (Fsp3) is 0.571. The van der Waals surface area contributed by atoms with Crippen molar-refractivity contribution < 1.29 is 9.47 Å². The first-order chi connectivity index (χ1) is 8.76. The zero-order chi connectivity index (χ0) is 13.2. The molecule has 0 amide bonds. The average Bonchev–Trinajstić information content (AvgIpc) is 2.42. The third-order valence-electron chi connectivity index (χ3n) is 2.78. The van der Waals surface area contributed by atoms with E-state index in [1.165, 1.54) is 5.56 Å². The largest absolute Gasteiger partial charge is 0.497 e. The Morgan fingerprint density at radius 2 is 1.83 bits per heavy atom. The molecule has 0 saturated carbocycles. The summed E-state index contributed by atoms with van der Waals surface area (Å²) >= 11 is 3.34. The molecule has 3 nitrogen and oxygen atoms in total. The molecule has 0 aliphatic rings. The van der Waals surface area contributed by atoms with Gasteiger partial charge in [0.25, 0.3) is 0 Å². The second-order valence-corrected chi connectivity index (χ2v) is 5.00. The summed E-state index contributed by atoms with van der Waals surface area (Å²) in [5.74, 6) is 0.912. The number of halogens is 1. The Balaban J connectivity index is 2.18. The molecule has 0 bridgehead atoms. The molecule has 0 N–H and O–H groups in total. The molecule has 0 aliphatic heterocycles. The van der Waals surface area contributed by atoms with Crippen molar-refractivity contribution in [3.05, 3.63) is 29.8 Å². The molecule has 0 radical (unpaired) electrons. The van der Waals surface area contributed by atoms with E-state index in [9.17, 15) is 0 Å². The fourth-order valence-corrected chi connectivity index (χ4v) is 1.83. The Kier molecular flexibility index (Phi) is 8.05. The normalized spacial score (nSPS) is 10.9. The van der Waals surface area contributed by atoms with Crippen molar-refractivity contribution in [2.45, 2.75) is 6.42 Å². The first-order valence-electron chi connectivity index (χ1n) is 6.21. The number of hydrogen-bond donors (Lipinski definition) is 0. The monoisotopic (exact) mass is 315 g/mol. The molecule has 1 aromatic rings. The topological polar surface area (TPSA) is 21.7 Å². The van der Waals surface area contributed by atoms with Crippen LogP contribution >= 0.6 is 15.9 Å². The predicted octanol–water partition coefficient (Wildman–Crippen LogP) is 2.58.